The number of hydrogen-bond acceptors (Lipinski definition) is 1. The second-order valence-electron chi connectivity index (χ2n) is 6.84. The summed E-state index contributed by atoms with van der Waals surface area (Å²) in [5.74, 6) is 0. The topological polar surface area (TPSA) is 28.7 Å². The van der Waals surface area contributed by atoms with Crippen molar-refractivity contribution in [3.8, 4) is 0 Å². The van der Waals surface area contributed by atoms with Crippen molar-refractivity contribution in [3.63, 3.8) is 0 Å². The minimum Gasteiger partial charge on any atom is -0.343 e. The van der Waals surface area contributed by atoms with Crippen molar-refractivity contribution >= 4 is 11.0 Å². The van der Waals surface area contributed by atoms with E-state index in [1.807, 2.05) is 6.20 Å². The average Bonchev–Trinajstić information content (AvgIpc) is 2.57. The van der Waals surface area contributed by atoms with Crippen LogP contribution in [0.2, 0.25) is 0 Å². The number of nitrogens with zero attached hydrogens (tertiary/aromatic N) is 1. The van der Waals surface area contributed by atoms with Gasteiger partial charge in [0.05, 0.1) is 0 Å². The zero-order valence-corrected chi connectivity index (χ0v) is 11.7. The molecule has 0 unspecified atom stereocenters. The molecule has 2 rings (SSSR count). The van der Waals surface area contributed by atoms with Gasteiger partial charge >= 0.3 is 0 Å². The summed E-state index contributed by atoms with van der Waals surface area (Å²) in [7, 11) is 0. The van der Waals surface area contributed by atoms with Gasteiger partial charge in [0.1, 0.15) is 5.65 Å². The van der Waals surface area contributed by atoms with E-state index in [0.717, 1.165) is 5.65 Å². The molecular formula is C15H22N2. The summed E-state index contributed by atoms with van der Waals surface area (Å²) in [6.45, 7) is 13.3. The minimum atomic E-state index is 0.141. The lowest BCUT2D eigenvalue weighted by Gasteiger charge is -2.18. The van der Waals surface area contributed by atoms with Gasteiger partial charge in [0, 0.05) is 22.7 Å². The fourth-order valence-electron chi connectivity index (χ4n) is 1.83. The van der Waals surface area contributed by atoms with Crippen LogP contribution in [0, 0.1) is 0 Å². The number of fused-ring (bicyclic) bond motifs is 1. The Kier molecular flexibility index (Phi) is 2.57. The highest BCUT2D eigenvalue weighted by Gasteiger charge is 2.19. The molecule has 0 radical (unpaired) electrons. The molecule has 2 heteroatoms. The van der Waals surface area contributed by atoms with Gasteiger partial charge in [-0.05, 0) is 23.1 Å². The Morgan fingerprint density at radius 2 is 1.59 bits per heavy atom. The summed E-state index contributed by atoms with van der Waals surface area (Å²) >= 11 is 0. The third kappa shape index (κ3) is 2.36. The van der Waals surface area contributed by atoms with E-state index in [1.54, 1.807) is 0 Å². The van der Waals surface area contributed by atoms with Gasteiger partial charge in [0.15, 0.2) is 0 Å². The summed E-state index contributed by atoms with van der Waals surface area (Å²) < 4.78 is 0. The molecule has 0 aliphatic heterocycles. The molecule has 0 saturated carbocycles. The van der Waals surface area contributed by atoms with Crippen LogP contribution in [0.4, 0.5) is 0 Å². The first-order valence-corrected chi connectivity index (χ1v) is 6.18. The Balaban J connectivity index is 2.56. The van der Waals surface area contributed by atoms with Crippen LogP contribution in [0.25, 0.3) is 11.0 Å². The number of aromatic amines is 1. The van der Waals surface area contributed by atoms with Gasteiger partial charge in [-0.25, -0.2) is 4.98 Å². The molecule has 0 atom stereocenters. The summed E-state index contributed by atoms with van der Waals surface area (Å²) in [5, 5.41) is 1.21. The Bertz CT molecular complexity index is 524. The standard InChI is InChI=1S/C15H22N2/c1-14(2,3)11-7-10-8-12(15(4,5)6)17-13(10)16-9-11/h7-9H,1-6H3,(H,16,17). The Morgan fingerprint density at radius 1 is 0.941 bits per heavy atom. The van der Waals surface area contributed by atoms with E-state index in [-0.39, 0.29) is 10.8 Å². The molecule has 0 aliphatic rings. The Morgan fingerprint density at radius 3 is 2.12 bits per heavy atom. The molecule has 2 aromatic heterocycles. The van der Waals surface area contributed by atoms with Gasteiger partial charge in [0.2, 0.25) is 0 Å². The molecule has 2 nitrogen and oxygen atoms in total. The van der Waals surface area contributed by atoms with Gasteiger partial charge in [-0.3, -0.25) is 0 Å². The Labute approximate surface area is 103 Å². The number of nitrogens with one attached hydrogen (secondary N) is 1. The van der Waals surface area contributed by atoms with Crippen LogP contribution < -0.4 is 0 Å². The number of pyridine rings is 1. The third-order valence-electron chi connectivity index (χ3n) is 3.14. The van der Waals surface area contributed by atoms with Crippen LogP contribution in [-0.4, -0.2) is 9.97 Å². The average molecular weight is 230 g/mol. The zero-order valence-electron chi connectivity index (χ0n) is 11.7. The maximum atomic E-state index is 4.53. The molecule has 0 bridgehead atoms. The first-order valence-electron chi connectivity index (χ1n) is 6.18. The predicted molar refractivity (Wildman–Crippen MR) is 73.5 cm³/mol. The normalized spacial score (nSPS) is 13.3. The van der Waals surface area contributed by atoms with Crippen LogP contribution in [-0.2, 0) is 10.8 Å². The number of H-pyrrole nitrogens is 1. The van der Waals surface area contributed by atoms with Crippen molar-refractivity contribution in [1.82, 2.24) is 9.97 Å². The molecular weight excluding hydrogens is 208 g/mol. The Hall–Kier alpha value is -1.31. The number of aromatic nitrogens is 2. The van der Waals surface area contributed by atoms with Crippen molar-refractivity contribution in [2.24, 2.45) is 0 Å². The molecule has 1 N–H and O–H groups in total. The molecule has 17 heavy (non-hydrogen) atoms. The van der Waals surface area contributed by atoms with Crippen LogP contribution >= 0.6 is 0 Å². The fraction of sp³-hybridized carbons (Fsp3) is 0.533. The summed E-state index contributed by atoms with van der Waals surface area (Å²) in [6.07, 6.45) is 1.98. The molecule has 2 heterocycles. The van der Waals surface area contributed by atoms with Crippen LogP contribution in [0.3, 0.4) is 0 Å². The maximum Gasteiger partial charge on any atom is 0.137 e. The quantitative estimate of drug-likeness (QED) is 0.723. The van der Waals surface area contributed by atoms with Gasteiger partial charge in [-0.15, -0.1) is 0 Å². The number of hydrogen-bond donors (Lipinski definition) is 1. The predicted octanol–water partition coefficient (Wildman–Crippen LogP) is 4.16. The van der Waals surface area contributed by atoms with Gasteiger partial charge in [-0.2, -0.15) is 0 Å². The molecule has 92 valence electrons. The molecule has 0 saturated heterocycles. The highest BCUT2D eigenvalue weighted by atomic mass is 14.9. The van der Waals surface area contributed by atoms with Crippen molar-refractivity contribution in [1.29, 1.82) is 0 Å². The maximum absolute atomic E-state index is 4.53. The van der Waals surface area contributed by atoms with Crippen molar-refractivity contribution in [2.75, 3.05) is 0 Å². The molecule has 2 aromatic rings. The highest BCUT2D eigenvalue weighted by Crippen LogP contribution is 2.28. The smallest absolute Gasteiger partial charge is 0.137 e. The van der Waals surface area contributed by atoms with Crippen molar-refractivity contribution in [3.05, 3.63) is 29.6 Å². The summed E-state index contributed by atoms with van der Waals surface area (Å²) in [5.41, 5.74) is 3.81. The van der Waals surface area contributed by atoms with Crippen LogP contribution in [0.15, 0.2) is 18.3 Å². The van der Waals surface area contributed by atoms with Gasteiger partial charge in [-0.1, -0.05) is 41.5 Å². The van der Waals surface area contributed by atoms with E-state index in [9.17, 15) is 0 Å². The molecule has 0 spiro atoms. The summed E-state index contributed by atoms with van der Waals surface area (Å²) in [6, 6.07) is 4.46. The van der Waals surface area contributed by atoms with Crippen LogP contribution in [0.5, 0.6) is 0 Å². The second-order valence-corrected chi connectivity index (χ2v) is 6.84. The SMILES string of the molecule is CC(C)(C)c1cnc2[nH]c(C(C)(C)C)cc2c1. The first-order chi connectivity index (χ1) is 7.68. The lowest BCUT2D eigenvalue weighted by atomic mass is 9.88. The number of rotatable bonds is 0. The lowest BCUT2D eigenvalue weighted by molar-refractivity contribution is 0.574. The molecule has 0 amide bonds. The largest absolute Gasteiger partial charge is 0.343 e. The highest BCUT2D eigenvalue weighted by molar-refractivity contribution is 5.77. The monoisotopic (exact) mass is 230 g/mol. The van der Waals surface area contributed by atoms with E-state index >= 15 is 0 Å². The summed E-state index contributed by atoms with van der Waals surface area (Å²) in [4.78, 5) is 7.93. The van der Waals surface area contributed by atoms with E-state index in [2.05, 4.69) is 63.6 Å². The molecule has 0 aliphatic carbocycles. The van der Waals surface area contributed by atoms with E-state index in [4.69, 9.17) is 0 Å². The van der Waals surface area contributed by atoms with E-state index in [0.29, 0.717) is 0 Å². The molecule has 0 aromatic carbocycles. The van der Waals surface area contributed by atoms with E-state index < -0.39 is 0 Å². The molecule has 0 fully saturated rings. The second kappa shape index (κ2) is 3.59. The van der Waals surface area contributed by atoms with Crippen molar-refractivity contribution < 1.29 is 0 Å². The third-order valence-corrected chi connectivity index (χ3v) is 3.14. The van der Waals surface area contributed by atoms with E-state index in [1.165, 1.54) is 16.6 Å². The van der Waals surface area contributed by atoms with Crippen LogP contribution in [0.1, 0.15) is 52.8 Å². The van der Waals surface area contributed by atoms with Gasteiger partial charge < -0.3 is 4.98 Å². The van der Waals surface area contributed by atoms with Gasteiger partial charge in [0.25, 0.3) is 0 Å². The van der Waals surface area contributed by atoms with Crippen molar-refractivity contribution in [2.45, 2.75) is 52.4 Å². The first kappa shape index (κ1) is 12.2. The zero-order chi connectivity index (χ0) is 12.8. The minimum absolute atomic E-state index is 0.141. The fourth-order valence-corrected chi connectivity index (χ4v) is 1.83. The lowest BCUT2D eigenvalue weighted by Crippen LogP contribution is -2.11.